The summed E-state index contributed by atoms with van der Waals surface area (Å²) in [7, 11) is -1.72. The van der Waals surface area contributed by atoms with E-state index in [1.165, 1.54) is 10.8 Å². The topological polar surface area (TPSA) is 93.5 Å². The van der Waals surface area contributed by atoms with E-state index >= 15 is 0 Å². The van der Waals surface area contributed by atoms with Crippen LogP contribution in [0.1, 0.15) is 18.5 Å². The molecule has 0 aliphatic carbocycles. The van der Waals surface area contributed by atoms with Gasteiger partial charge in [0.2, 0.25) is 5.95 Å². The highest BCUT2D eigenvalue weighted by Crippen LogP contribution is 2.31. The van der Waals surface area contributed by atoms with Crippen LogP contribution in [0.15, 0.2) is 46.1 Å². The van der Waals surface area contributed by atoms with E-state index in [0.29, 0.717) is 59.4 Å². The average Bonchev–Trinajstić information content (AvgIpc) is 2.76. The molecule has 1 aliphatic heterocycles. The molecule has 4 rings (SSSR count). The molecule has 1 aliphatic rings. The van der Waals surface area contributed by atoms with Crippen molar-refractivity contribution in [3.05, 3.63) is 57.3 Å². The summed E-state index contributed by atoms with van der Waals surface area (Å²) in [4.78, 5) is 20.3. The lowest BCUT2D eigenvalue weighted by molar-refractivity contribution is 0.121. The molecular formula is C22H25ClN4O4S. The summed E-state index contributed by atoms with van der Waals surface area (Å²) in [6.45, 7) is 4.31. The second kappa shape index (κ2) is 8.73. The van der Waals surface area contributed by atoms with Crippen LogP contribution in [0.25, 0.3) is 10.9 Å². The molecule has 1 unspecified atom stereocenters. The number of morpholine rings is 1. The zero-order valence-corrected chi connectivity index (χ0v) is 19.7. The van der Waals surface area contributed by atoms with Crippen molar-refractivity contribution in [1.29, 1.82) is 0 Å². The van der Waals surface area contributed by atoms with Gasteiger partial charge in [-0.1, -0.05) is 23.7 Å². The minimum absolute atomic E-state index is 0.191. The Hall–Kier alpha value is -2.62. The van der Waals surface area contributed by atoms with Gasteiger partial charge >= 0.3 is 0 Å². The largest absolute Gasteiger partial charge is 0.378 e. The second-order valence-corrected chi connectivity index (χ2v) is 10.3. The molecule has 0 saturated carbocycles. The number of benzene rings is 2. The lowest BCUT2D eigenvalue weighted by Crippen LogP contribution is -2.40. The van der Waals surface area contributed by atoms with E-state index in [1.807, 2.05) is 11.8 Å². The van der Waals surface area contributed by atoms with E-state index in [2.05, 4.69) is 5.32 Å². The van der Waals surface area contributed by atoms with E-state index in [4.69, 9.17) is 21.3 Å². The third-order valence-corrected chi connectivity index (χ3v) is 6.94. The van der Waals surface area contributed by atoms with Crippen molar-refractivity contribution in [1.82, 2.24) is 9.55 Å². The van der Waals surface area contributed by atoms with Gasteiger partial charge in [-0.25, -0.2) is 13.4 Å². The first-order valence-electron chi connectivity index (χ1n) is 10.3. The van der Waals surface area contributed by atoms with Crippen LogP contribution in [-0.4, -0.2) is 50.5 Å². The number of fused-ring (bicyclic) bond motifs is 1. The molecule has 1 saturated heterocycles. The number of sulfone groups is 1. The summed E-state index contributed by atoms with van der Waals surface area (Å²) in [6, 6.07) is 9.74. The van der Waals surface area contributed by atoms with Gasteiger partial charge in [0.05, 0.1) is 40.7 Å². The summed E-state index contributed by atoms with van der Waals surface area (Å²) in [6.07, 6.45) is 1.17. The first-order chi connectivity index (χ1) is 15.2. The Morgan fingerprint density at radius 1 is 1.19 bits per heavy atom. The van der Waals surface area contributed by atoms with Crippen LogP contribution in [0.3, 0.4) is 0 Å². The molecule has 8 nitrogen and oxygen atoms in total. The van der Waals surface area contributed by atoms with Crippen molar-refractivity contribution in [3.63, 3.8) is 0 Å². The molecule has 2 aromatic carbocycles. The van der Waals surface area contributed by atoms with E-state index in [-0.39, 0.29) is 16.5 Å². The fourth-order valence-electron chi connectivity index (χ4n) is 3.95. The van der Waals surface area contributed by atoms with E-state index in [9.17, 15) is 13.2 Å². The minimum atomic E-state index is -3.42. The highest BCUT2D eigenvalue weighted by atomic mass is 35.5. The first kappa shape index (κ1) is 22.6. The van der Waals surface area contributed by atoms with Gasteiger partial charge in [-0.3, -0.25) is 9.36 Å². The number of nitrogens with zero attached hydrogens (tertiary/aromatic N) is 3. The van der Waals surface area contributed by atoms with Gasteiger partial charge in [-0.2, -0.15) is 0 Å². The molecule has 2 heterocycles. The SMILES string of the molecule is CC(Nc1ccccc1S(C)(=O)=O)c1cc(Cl)cc2c(=O)n(C)c(N3CCOCC3)nc12. The summed E-state index contributed by atoms with van der Waals surface area (Å²) >= 11 is 6.36. The van der Waals surface area contributed by atoms with Crippen LogP contribution in [0.4, 0.5) is 11.6 Å². The van der Waals surface area contributed by atoms with Crippen LogP contribution in [0.2, 0.25) is 5.02 Å². The van der Waals surface area contributed by atoms with Crippen LogP contribution in [0.5, 0.6) is 0 Å². The molecule has 1 aromatic heterocycles. The highest BCUT2D eigenvalue weighted by Gasteiger charge is 2.22. The fraction of sp³-hybridized carbons (Fsp3) is 0.364. The third-order valence-electron chi connectivity index (χ3n) is 5.57. The molecule has 0 amide bonds. The van der Waals surface area contributed by atoms with Gasteiger partial charge in [0.25, 0.3) is 5.56 Å². The number of hydrogen-bond donors (Lipinski definition) is 1. The third kappa shape index (κ3) is 4.32. The molecule has 1 fully saturated rings. The monoisotopic (exact) mass is 476 g/mol. The van der Waals surface area contributed by atoms with Crippen molar-refractivity contribution >= 4 is 44.0 Å². The molecule has 3 aromatic rings. The number of rotatable bonds is 5. The number of para-hydroxylation sites is 1. The van der Waals surface area contributed by atoms with Gasteiger partial charge in [0.15, 0.2) is 9.84 Å². The minimum Gasteiger partial charge on any atom is -0.378 e. The van der Waals surface area contributed by atoms with Crippen LogP contribution >= 0.6 is 11.6 Å². The molecule has 10 heteroatoms. The smallest absolute Gasteiger partial charge is 0.262 e. The second-order valence-electron chi connectivity index (χ2n) is 7.90. The molecule has 1 N–H and O–H groups in total. The molecule has 1 atom stereocenters. The summed E-state index contributed by atoms with van der Waals surface area (Å²) in [5.74, 6) is 0.568. The van der Waals surface area contributed by atoms with Gasteiger partial charge in [-0.15, -0.1) is 0 Å². The molecular weight excluding hydrogens is 452 g/mol. The predicted molar refractivity (Wildman–Crippen MR) is 127 cm³/mol. The summed E-state index contributed by atoms with van der Waals surface area (Å²) in [5.41, 5.74) is 1.54. The van der Waals surface area contributed by atoms with Gasteiger partial charge < -0.3 is 15.0 Å². The Kier molecular flexibility index (Phi) is 6.15. The van der Waals surface area contributed by atoms with Crippen LogP contribution < -0.4 is 15.8 Å². The molecule has 0 spiro atoms. The molecule has 0 bridgehead atoms. The maximum absolute atomic E-state index is 13.2. The predicted octanol–water partition coefficient (Wildman–Crippen LogP) is 3.00. The Labute approximate surface area is 191 Å². The first-order valence-corrected chi connectivity index (χ1v) is 12.5. The van der Waals surface area contributed by atoms with Crippen LogP contribution in [-0.2, 0) is 21.6 Å². The fourth-order valence-corrected chi connectivity index (χ4v) is 5.03. The number of ether oxygens (including phenoxy) is 1. The van der Waals surface area contributed by atoms with Crippen molar-refractivity contribution in [2.75, 3.05) is 42.8 Å². The van der Waals surface area contributed by atoms with Crippen LogP contribution in [0, 0.1) is 0 Å². The quantitative estimate of drug-likeness (QED) is 0.605. The lowest BCUT2D eigenvalue weighted by Gasteiger charge is -2.29. The average molecular weight is 477 g/mol. The number of nitrogens with one attached hydrogen (secondary N) is 1. The zero-order valence-electron chi connectivity index (χ0n) is 18.1. The normalized spacial score (nSPS) is 15.7. The van der Waals surface area contributed by atoms with Crippen molar-refractivity contribution in [2.45, 2.75) is 17.9 Å². The van der Waals surface area contributed by atoms with Crippen molar-refractivity contribution in [3.8, 4) is 0 Å². The summed E-state index contributed by atoms with van der Waals surface area (Å²) in [5, 5.41) is 4.09. The molecule has 0 radical (unpaired) electrons. The molecule has 170 valence electrons. The van der Waals surface area contributed by atoms with Gasteiger partial charge in [0.1, 0.15) is 0 Å². The van der Waals surface area contributed by atoms with Crippen molar-refractivity contribution in [2.24, 2.45) is 7.05 Å². The standard InChI is InChI=1S/C22H25ClN4O4S/c1-14(24-18-6-4-5-7-19(18)32(3,29)30)16-12-15(23)13-17-20(16)25-22(26(2)21(17)28)27-8-10-31-11-9-27/h4-7,12-14,24H,8-11H2,1-3H3. The van der Waals surface area contributed by atoms with Gasteiger partial charge in [0, 0.05) is 37.0 Å². The number of anilines is 2. The van der Waals surface area contributed by atoms with E-state index < -0.39 is 9.84 Å². The number of hydrogen-bond acceptors (Lipinski definition) is 7. The number of halogens is 1. The van der Waals surface area contributed by atoms with E-state index in [1.54, 1.807) is 43.4 Å². The Balaban J connectivity index is 1.84. The maximum atomic E-state index is 13.2. The highest BCUT2D eigenvalue weighted by molar-refractivity contribution is 7.90. The Morgan fingerprint density at radius 3 is 2.56 bits per heavy atom. The lowest BCUT2D eigenvalue weighted by atomic mass is 10.0. The van der Waals surface area contributed by atoms with E-state index in [0.717, 1.165) is 0 Å². The molecule has 32 heavy (non-hydrogen) atoms. The van der Waals surface area contributed by atoms with Gasteiger partial charge in [-0.05, 0) is 31.2 Å². The Morgan fingerprint density at radius 2 is 1.88 bits per heavy atom. The maximum Gasteiger partial charge on any atom is 0.262 e. The van der Waals surface area contributed by atoms with Crippen molar-refractivity contribution < 1.29 is 13.2 Å². The zero-order chi connectivity index (χ0) is 23.0. The Bertz CT molecular complexity index is 1330. The summed E-state index contributed by atoms with van der Waals surface area (Å²) < 4.78 is 31.4. The number of aromatic nitrogens is 2.